The number of ether oxygens (including phenoxy) is 2. The molecule has 2 aliphatic rings. The predicted octanol–water partition coefficient (Wildman–Crippen LogP) is 2.18. The Hall–Kier alpha value is 0.230. The minimum atomic E-state index is 0. The number of nitrogens with zero attached hydrogens (tertiary/aromatic N) is 2. The normalized spacial score (nSPS) is 21.8. The molecule has 0 aromatic rings. The third-order valence-corrected chi connectivity index (χ3v) is 6.67. The summed E-state index contributed by atoms with van der Waals surface area (Å²) in [6, 6.07) is 0. The number of morpholine rings is 1. The van der Waals surface area contributed by atoms with Gasteiger partial charge in [0, 0.05) is 49.7 Å². The Morgan fingerprint density at radius 3 is 2.31 bits per heavy atom. The van der Waals surface area contributed by atoms with Crippen LogP contribution in [0.2, 0.25) is 0 Å². The van der Waals surface area contributed by atoms with Gasteiger partial charge in [-0.15, -0.1) is 24.0 Å². The number of nitrogens with one attached hydrogen (secondary N) is 2. The summed E-state index contributed by atoms with van der Waals surface area (Å²) in [5.41, 5.74) is 0.0437. The van der Waals surface area contributed by atoms with Crippen LogP contribution in [0, 0.1) is 0 Å². The second kappa shape index (κ2) is 11.9. The average molecular weight is 500 g/mol. The highest BCUT2D eigenvalue weighted by atomic mass is 127. The van der Waals surface area contributed by atoms with Crippen molar-refractivity contribution in [2.24, 2.45) is 4.99 Å². The monoisotopic (exact) mass is 500 g/mol. The molecule has 0 aliphatic carbocycles. The summed E-state index contributed by atoms with van der Waals surface area (Å²) in [4.78, 5) is 7.36. The van der Waals surface area contributed by atoms with E-state index in [-0.39, 0.29) is 34.3 Å². The number of aliphatic imine (C=N–C) groups is 1. The molecule has 0 unspecified atom stereocenters. The molecule has 0 atom stereocenters. The van der Waals surface area contributed by atoms with Crippen molar-refractivity contribution in [3.63, 3.8) is 0 Å². The average Bonchev–Trinajstić information content (AvgIpc) is 2.65. The van der Waals surface area contributed by atoms with Crippen molar-refractivity contribution < 1.29 is 9.47 Å². The van der Waals surface area contributed by atoms with Crippen molar-refractivity contribution in [1.29, 1.82) is 0 Å². The number of thioether (sulfide) groups is 1. The first kappa shape index (κ1) is 24.3. The van der Waals surface area contributed by atoms with Crippen LogP contribution in [-0.4, -0.2) is 86.6 Å². The highest BCUT2D eigenvalue weighted by Gasteiger charge is 2.32. The fourth-order valence-electron chi connectivity index (χ4n) is 3.32. The maximum absolute atomic E-state index is 5.54. The Morgan fingerprint density at radius 2 is 1.73 bits per heavy atom. The van der Waals surface area contributed by atoms with Gasteiger partial charge in [0.05, 0.1) is 19.8 Å². The van der Waals surface area contributed by atoms with Crippen LogP contribution in [0.15, 0.2) is 4.99 Å². The molecule has 2 saturated heterocycles. The molecule has 0 radical (unpaired) electrons. The molecule has 2 aliphatic heterocycles. The lowest BCUT2D eigenvalue weighted by Crippen LogP contribution is -2.52. The molecule has 6 nitrogen and oxygen atoms in total. The van der Waals surface area contributed by atoms with Gasteiger partial charge in [0.2, 0.25) is 0 Å². The Morgan fingerprint density at radius 1 is 1.12 bits per heavy atom. The zero-order valence-electron chi connectivity index (χ0n) is 16.8. The van der Waals surface area contributed by atoms with Crippen molar-refractivity contribution >= 4 is 41.7 Å². The maximum atomic E-state index is 5.54. The van der Waals surface area contributed by atoms with Crippen molar-refractivity contribution in [3.8, 4) is 0 Å². The highest BCUT2D eigenvalue weighted by Crippen LogP contribution is 2.32. The Kier molecular flexibility index (Phi) is 11.1. The molecule has 154 valence electrons. The van der Waals surface area contributed by atoms with Gasteiger partial charge in [-0.25, -0.2) is 0 Å². The molecule has 2 rings (SSSR count). The van der Waals surface area contributed by atoms with E-state index in [1.807, 2.05) is 11.8 Å². The van der Waals surface area contributed by atoms with E-state index in [9.17, 15) is 0 Å². The Labute approximate surface area is 180 Å². The molecule has 26 heavy (non-hydrogen) atoms. The molecule has 2 N–H and O–H groups in total. The molecule has 0 spiro atoms. The minimum absolute atomic E-state index is 0. The third-order valence-electron chi connectivity index (χ3n) is 5.25. The summed E-state index contributed by atoms with van der Waals surface area (Å²) in [5.74, 6) is 0.920. The molecular formula is C18H37IN4O2S. The molecular weight excluding hydrogens is 463 g/mol. The van der Waals surface area contributed by atoms with Gasteiger partial charge in [0.1, 0.15) is 0 Å². The van der Waals surface area contributed by atoms with Gasteiger partial charge in [-0.2, -0.15) is 11.8 Å². The van der Waals surface area contributed by atoms with Gasteiger partial charge < -0.3 is 20.1 Å². The number of guanidine groups is 1. The van der Waals surface area contributed by atoms with Crippen molar-refractivity contribution in [1.82, 2.24) is 15.5 Å². The zero-order valence-corrected chi connectivity index (χ0v) is 20.0. The lowest BCUT2D eigenvalue weighted by Gasteiger charge is -2.40. The van der Waals surface area contributed by atoms with E-state index in [0.29, 0.717) is 0 Å². The summed E-state index contributed by atoms with van der Waals surface area (Å²) in [5, 5.41) is 6.97. The fraction of sp³-hybridized carbons (Fsp3) is 0.944. The van der Waals surface area contributed by atoms with Crippen LogP contribution < -0.4 is 10.6 Å². The summed E-state index contributed by atoms with van der Waals surface area (Å²) in [6.07, 6.45) is 4.40. The number of halogens is 1. The molecule has 2 heterocycles. The minimum Gasteiger partial charge on any atom is -0.381 e. The SMILES string of the molecule is CCNC(=NCC(C)(C)N1CCOCC1)NCC1(SC)CCOCC1.I. The number of hydrogen-bond donors (Lipinski definition) is 2. The lowest BCUT2D eigenvalue weighted by molar-refractivity contribution is -0.00684. The van der Waals surface area contributed by atoms with Gasteiger partial charge >= 0.3 is 0 Å². The molecule has 0 amide bonds. The standard InChI is InChI=1S/C18H36N4O2S.HI/c1-5-19-16(21-15-18(25-4)6-10-23-11-7-18)20-14-17(2,3)22-8-12-24-13-9-22;/h5-15H2,1-4H3,(H2,19,20,21);1H. The smallest absolute Gasteiger partial charge is 0.191 e. The summed E-state index contributed by atoms with van der Waals surface area (Å²) in [6.45, 7) is 14.6. The Balaban J connectivity index is 0.00000338. The van der Waals surface area contributed by atoms with Crippen LogP contribution in [0.3, 0.4) is 0 Å². The van der Waals surface area contributed by atoms with Crippen molar-refractivity contribution in [3.05, 3.63) is 0 Å². The fourth-order valence-corrected chi connectivity index (χ4v) is 4.12. The van der Waals surface area contributed by atoms with Gasteiger partial charge in [-0.05, 0) is 39.9 Å². The topological polar surface area (TPSA) is 58.1 Å². The van der Waals surface area contributed by atoms with Gasteiger partial charge in [-0.1, -0.05) is 0 Å². The highest BCUT2D eigenvalue weighted by molar-refractivity contribution is 14.0. The third kappa shape index (κ3) is 7.33. The van der Waals surface area contributed by atoms with Crippen molar-refractivity contribution in [2.45, 2.75) is 43.9 Å². The molecule has 0 saturated carbocycles. The predicted molar refractivity (Wildman–Crippen MR) is 122 cm³/mol. The van der Waals surface area contributed by atoms with Crippen LogP contribution in [0.25, 0.3) is 0 Å². The Bertz CT molecular complexity index is 425. The van der Waals surface area contributed by atoms with E-state index in [1.54, 1.807) is 0 Å². The van der Waals surface area contributed by atoms with E-state index in [1.165, 1.54) is 0 Å². The van der Waals surface area contributed by atoms with E-state index in [2.05, 4.69) is 42.6 Å². The maximum Gasteiger partial charge on any atom is 0.191 e. The second-order valence-corrected chi connectivity index (χ2v) is 8.73. The summed E-state index contributed by atoms with van der Waals surface area (Å²) >= 11 is 1.95. The quantitative estimate of drug-likeness (QED) is 0.318. The first-order valence-corrected chi connectivity index (χ1v) is 10.7. The van der Waals surface area contributed by atoms with Gasteiger partial charge in [0.25, 0.3) is 0 Å². The first-order chi connectivity index (χ1) is 12.0. The number of rotatable bonds is 7. The van der Waals surface area contributed by atoms with Gasteiger partial charge in [-0.3, -0.25) is 9.89 Å². The van der Waals surface area contributed by atoms with Gasteiger partial charge in [0.15, 0.2) is 5.96 Å². The number of hydrogen-bond acceptors (Lipinski definition) is 5. The summed E-state index contributed by atoms with van der Waals surface area (Å²) < 4.78 is 11.3. The van der Waals surface area contributed by atoms with E-state index in [0.717, 1.165) is 78.0 Å². The van der Waals surface area contributed by atoms with E-state index >= 15 is 0 Å². The van der Waals surface area contributed by atoms with Crippen LogP contribution >= 0.6 is 35.7 Å². The van der Waals surface area contributed by atoms with Crippen LogP contribution in [0.4, 0.5) is 0 Å². The summed E-state index contributed by atoms with van der Waals surface area (Å²) in [7, 11) is 0. The molecule has 0 aromatic carbocycles. The first-order valence-electron chi connectivity index (χ1n) is 9.49. The molecule has 0 bridgehead atoms. The second-order valence-electron chi connectivity index (χ2n) is 7.46. The molecule has 8 heteroatoms. The van der Waals surface area contributed by atoms with Crippen molar-refractivity contribution in [2.75, 3.05) is 65.4 Å². The van der Waals surface area contributed by atoms with Crippen LogP contribution in [-0.2, 0) is 9.47 Å². The van der Waals surface area contributed by atoms with E-state index < -0.39 is 0 Å². The van der Waals surface area contributed by atoms with Crippen LogP contribution in [0.1, 0.15) is 33.6 Å². The molecule has 2 fully saturated rings. The zero-order chi connectivity index (χ0) is 18.2. The van der Waals surface area contributed by atoms with E-state index in [4.69, 9.17) is 14.5 Å². The lowest BCUT2D eigenvalue weighted by atomic mass is 9.99. The van der Waals surface area contributed by atoms with Crippen LogP contribution in [0.5, 0.6) is 0 Å². The largest absolute Gasteiger partial charge is 0.381 e. The molecule has 0 aromatic heterocycles.